The number of carbonyl (C=O) groups excluding carboxylic acids is 1. The molecule has 2 aromatic carbocycles. The van der Waals surface area contributed by atoms with Gasteiger partial charge >= 0.3 is 6.18 Å². The van der Waals surface area contributed by atoms with Crippen molar-refractivity contribution >= 4 is 17.4 Å². The molecule has 0 bridgehead atoms. The summed E-state index contributed by atoms with van der Waals surface area (Å²) in [7, 11) is 2.95. The van der Waals surface area contributed by atoms with Gasteiger partial charge in [-0.2, -0.15) is 18.3 Å². The fraction of sp³-hybridized carbons (Fsp3) is 0.360. The third-order valence-corrected chi connectivity index (χ3v) is 6.65. The fourth-order valence-corrected chi connectivity index (χ4v) is 4.86. The summed E-state index contributed by atoms with van der Waals surface area (Å²) < 4.78 is 53.5. The number of ether oxygens (including phenoxy) is 2. The molecule has 1 aliphatic heterocycles. The van der Waals surface area contributed by atoms with Crippen molar-refractivity contribution in [3.63, 3.8) is 0 Å². The molecule has 1 amide bonds. The molecular weight excluding hydrogens is 461 g/mol. The Bertz CT molecular complexity index is 1270. The molecule has 0 saturated heterocycles. The van der Waals surface area contributed by atoms with Gasteiger partial charge in [0.1, 0.15) is 11.4 Å². The number of benzene rings is 2. The first-order valence-electron chi connectivity index (χ1n) is 11.3. The molecule has 2 aliphatic rings. The minimum atomic E-state index is -4.55. The Balaban J connectivity index is 1.47. The van der Waals surface area contributed by atoms with Crippen molar-refractivity contribution in [2.45, 2.75) is 43.9 Å². The second kappa shape index (κ2) is 8.83. The summed E-state index contributed by atoms with van der Waals surface area (Å²) in [5.74, 6) is 0.380. The summed E-state index contributed by atoms with van der Waals surface area (Å²) in [6, 6.07) is 8.08. The average Bonchev–Trinajstić information content (AvgIpc) is 3.48. The van der Waals surface area contributed by atoms with E-state index in [2.05, 4.69) is 15.7 Å². The van der Waals surface area contributed by atoms with Gasteiger partial charge in [-0.3, -0.25) is 4.79 Å². The van der Waals surface area contributed by atoms with Gasteiger partial charge < -0.3 is 20.1 Å². The van der Waals surface area contributed by atoms with Crippen LogP contribution in [0, 0.1) is 0 Å². The van der Waals surface area contributed by atoms with E-state index in [1.54, 1.807) is 18.2 Å². The molecule has 184 valence electrons. The molecule has 1 aliphatic carbocycles. The predicted molar refractivity (Wildman–Crippen MR) is 124 cm³/mol. The van der Waals surface area contributed by atoms with Crippen molar-refractivity contribution in [3.05, 3.63) is 64.8 Å². The van der Waals surface area contributed by atoms with Crippen molar-refractivity contribution in [2.75, 3.05) is 24.9 Å². The van der Waals surface area contributed by atoms with Crippen molar-refractivity contribution in [2.24, 2.45) is 0 Å². The van der Waals surface area contributed by atoms with E-state index in [-0.39, 0.29) is 17.8 Å². The van der Waals surface area contributed by atoms with Crippen LogP contribution in [0.4, 0.5) is 24.7 Å². The Morgan fingerprint density at radius 1 is 1.09 bits per heavy atom. The molecule has 5 rings (SSSR count). The molecule has 1 aromatic heterocycles. The van der Waals surface area contributed by atoms with Gasteiger partial charge in [-0.15, -0.1) is 0 Å². The number of aromatic nitrogens is 2. The van der Waals surface area contributed by atoms with Crippen molar-refractivity contribution in [1.29, 1.82) is 0 Å². The van der Waals surface area contributed by atoms with Crippen LogP contribution in [0.1, 0.15) is 52.0 Å². The van der Waals surface area contributed by atoms with E-state index in [1.807, 2.05) is 18.2 Å². The van der Waals surface area contributed by atoms with Gasteiger partial charge in [-0.1, -0.05) is 12.1 Å². The van der Waals surface area contributed by atoms with Crippen LogP contribution in [0.5, 0.6) is 11.5 Å². The number of hydrogen-bond acceptors (Lipinski definition) is 5. The van der Waals surface area contributed by atoms with Gasteiger partial charge in [0.15, 0.2) is 17.5 Å². The zero-order valence-electron chi connectivity index (χ0n) is 19.3. The Kier molecular flexibility index (Phi) is 5.82. The Hall–Kier alpha value is -3.69. The summed E-state index contributed by atoms with van der Waals surface area (Å²) in [4.78, 5) is 13.1. The van der Waals surface area contributed by atoms with Crippen molar-refractivity contribution in [3.8, 4) is 11.5 Å². The van der Waals surface area contributed by atoms with Crippen molar-refractivity contribution < 1.29 is 27.4 Å². The number of rotatable bonds is 5. The maximum atomic E-state index is 14.0. The highest BCUT2D eigenvalue weighted by Gasteiger charge is 2.47. The zero-order valence-corrected chi connectivity index (χ0v) is 19.3. The molecular formula is C25H25F3N4O3. The maximum Gasteiger partial charge on any atom is 0.410 e. The number of aryl methyl sites for hydroxylation is 2. The minimum absolute atomic E-state index is 0.0250. The van der Waals surface area contributed by atoms with E-state index in [9.17, 15) is 18.0 Å². The second-order valence-electron chi connectivity index (χ2n) is 8.75. The number of nitrogens with one attached hydrogen (secondary N) is 2. The number of nitrogens with zero attached hydrogens (tertiary/aromatic N) is 2. The predicted octanol–water partition coefficient (Wildman–Crippen LogP) is 5.30. The van der Waals surface area contributed by atoms with Crippen LogP contribution in [0.15, 0.2) is 42.6 Å². The van der Waals surface area contributed by atoms with E-state index in [1.165, 1.54) is 31.5 Å². The molecule has 2 atom stereocenters. The quantitative estimate of drug-likeness (QED) is 0.512. The first-order chi connectivity index (χ1) is 16.8. The van der Waals surface area contributed by atoms with E-state index in [0.717, 1.165) is 23.9 Å². The molecule has 0 radical (unpaired) electrons. The molecule has 0 spiro atoms. The number of fused-ring (bicyclic) bond motifs is 2. The highest BCUT2D eigenvalue weighted by molar-refractivity contribution is 6.07. The standard InChI is InChI=1S/C25H25F3N4O3/c1-34-20-9-7-16(11-21(20)35-2)19-12-22(25(26,27)28)32-23(31-19)18(13-29-32)24(33)30-17-8-6-14-4-3-5-15(14)10-17/h6-11,13,19,22,31H,3-5,12H2,1-2H3,(H,30,33)/t19-,22-/m0/s1. The largest absolute Gasteiger partial charge is 0.493 e. The lowest BCUT2D eigenvalue weighted by Gasteiger charge is -2.34. The number of methoxy groups -OCH3 is 2. The van der Waals surface area contributed by atoms with E-state index in [0.29, 0.717) is 22.7 Å². The van der Waals surface area contributed by atoms with Crippen molar-refractivity contribution in [1.82, 2.24) is 9.78 Å². The molecule has 10 heteroatoms. The Morgan fingerprint density at radius 3 is 2.60 bits per heavy atom. The lowest BCUT2D eigenvalue weighted by atomic mass is 9.96. The van der Waals surface area contributed by atoms with Crippen LogP contribution < -0.4 is 20.1 Å². The molecule has 2 N–H and O–H groups in total. The lowest BCUT2D eigenvalue weighted by molar-refractivity contribution is -0.173. The van der Waals surface area contributed by atoms with Crippen LogP contribution in [0.3, 0.4) is 0 Å². The fourth-order valence-electron chi connectivity index (χ4n) is 4.86. The number of halogens is 3. The third-order valence-electron chi connectivity index (χ3n) is 6.65. The van der Waals surface area contributed by atoms with Gasteiger partial charge in [0.2, 0.25) is 0 Å². The molecule has 35 heavy (non-hydrogen) atoms. The zero-order chi connectivity index (χ0) is 24.7. The highest BCUT2D eigenvalue weighted by atomic mass is 19.4. The first kappa shape index (κ1) is 23.1. The summed E-state index contributed by atoms with van der Waals surface area (Å²) >= 11 is 0. The second-order valence-corrected chi connectivity index (χ2v) is 8.75. The maximum absolute atomic E-state index is 14.0. The SMILES string of the molecule is COc1ccc([C@@H]2C[C@@H](C(F)(F)F)n3ncc(C(=O)Nc4ccc5c(c4)CCC5)c3N2)cc1OC. The smallest absolute Gasteiger partial charge is 0.410 e. The van der Waals surface area contributed by atoms with Gasteiger partial charge in [-0.05, 0) is 60.2 Å². The van der Waals surface area contributed by atoms with Gasteiger partial charge in [0.25, 0.3) is 5.91 Å². The number of anilines is 2. The Labute approximate surface area is 200 Å². The van der Waals surface area contributed by atoms with Gasteiger partial charge in [0.05, 0.1) is 26.5 Å². The summed E-state index contributed by atoms with van der Waals surface area (Å²) in [6.45, 7) is 0. The topological polar surface area (TPSA) is 77.4 Å². The highest BCUT2D eigenvalue weighted by Crippen LogP contribution is 2.45. The number of carbonyl (C=O) groups is 1. The molecule has 0 unspecified atom stereocenters. The molecule has 3 aromatic rings. The summed E-state index contributed by atoms with van der Waals surface area (Å²) in [6.07, 6.45) is -0.625. The van der Waals surface area contributed by atoms with E-state index >= 15 is 0 Å². The van der Waals surface area contributed by atoms with Gasteiger partial charge in [-0.25, -0.2) is 4.68 Å². The van der Waals surface area contributed by atoms with Crippen LogP contribution >= 0.6 is 0 Å². The van der Waals surface area contributed by atoms with Crippen LogP contribution in [0.2, 0.25) is 0 Å². The molecule has 2 heterocycles. The van der Waals surface area contributed by atoms with E-state index in [4.69, 9.17) is 9.47 Å². The van der Waals surface area contributed by atoms with E-state index < -0.39 is 24.2 Å². The Morgan fingerprint density at radius 2 is 1.86 bits per heavy atom. The monoisotopic (exact) mass is 486 g/mol. The summed E-state index contributed by atoms with van der Waals surface area (Å²) in [5, 5.41) is 9.86. The lowest BCUT2D eigenvalue weighted by Crippen LogP contribution is -2.36. The number of hydrogen-bond donors (Lipinski definition) is 2. The normalized spacial score (nSPS) is 18.9. The molecule has 0 fully saturated rings. The molecule has 0 saturated carbocycles. The van der Waals surface area contributed by atoms with Gasteiger partial charge in [0, 0.05) is 12.1 Å². The number of alkyl halides is 3. The average molecular weight is 486 g/mol. The van der Waals surface area contributed by atoms with Crippen LogP contribution in [-0.4, -0.2) is 36.1 Å². The molecule has 7 nitrogen and oxygen atoms in total. The third kappa shape index (κ3) is 4.28. The summed E-state index contributed by atoms with van der Waals surface area (Å²) in [5.41, 5.74) is 3.68. The first-order valence-corrected chi connectivity index (χ1v) is 11.3. The van der Waals surface area contributed by atoms with Crippen LogP contribution in [0.25, 0.3) is 0 Å². The minimum Gasteiger partial charge on any atom is -0.493 e. The number of amides is 1. The van der Waals surface area contributed by atoms with Crippen LogP contribution in [-0.2, 0) is 12.8 Å².